The maximum Gasteiger partial charge on any atom is 0.0185 e. The second-order valence-electron chi connectivity index (χ2n) is 2.00. The minimum Gasteiger partial charge on any atom is -0.255 e. The molecule has 0 aliphatic heterocycles. The van der Waals surface area contributed by atoms with Gasteiger partial charge in [0.15, 0.2) is 0 Å². The molecule has 0 aromatic heterocycles. The van der Waals surface area contributed by atoms with Gasteiger partial charge in [-0.05, 0) is 19.8 Å². The Labute approximate surface area is 51.3 Å². The van der Waals surface area contributed by atoms with E-state index in [-0.39, 0.29) is 6.04 Å². The molecule has 1 radical (unpaired) electrons. The monoisotopic (exact) mass is 110 g/mol. The summed E-state index contributed by atoms with van der Waals surface area (Å²) in [5, 5.41) is 0. The molecule has 1 unspecified atom stereocenters. The van der Waals surface area contributed by atoms with Gasteiger partial charge in [-0.1, -0.05) is 0 Å². The normalized spacial score (nSPS) is 12.6. The lowest BCUT2D eigenvalue weighted by Crippen LogP contribution is -2.00. The first-order valence-electron chi connectivity index (χ1n) is 2.92. The van der Waals surface area contributed by atoms with Crippen molar-refractivity contribution in [1.82, 2.24) is 5.73 Å². The maximum absolute atomic E-state index is 7.09. The maximum atomic E-state index is 7.09. The highest BCUT2D eigenvalue weighted by atomic mass is 14.6. The van der Waals surface area contributed by atoms with E-state index in [1.807, 2.05) is 6.92 Å². The number of hydrogen-bond acceptors (Lipinski definition) is 0. The average molecular weight is 110 g/mol. The summed E-state index contributed by atoms with van der Waals surface area (Å²) in [5.74, 6) is 2.54. The Morgan fingerprint density at radius 2 is 2.38 bits per heavy atom. The summed E-state index contributed by atoms with van der Waals surface area (Å²) >= 11 is 0. The molecule has 0 rings (SSSR count). The first-order valence-corrected chi connectivity index (χ1v) is 2.92. The average Bonchev–Trinajstić information content (AvgIpc) is 1.66. The van der Waals surface area contributed by atoms with Gasteiger partial charge in [-0.3, -0.25) is 5.73 Å². The first kappa shape index (κ1) is 7.52. The van der Waals surface area contributed by atoms with Gasteiger partial charge in [-0.15, -0.1) is 12.3 Å². The number of rotatable bonds is 3. The topological polar surface area (TPSA) is 23.8 Å². The van der Waals surface area contributed by atoms with Crippen molar-refractivity contribution in [1.29, 1.82) is 0 Å². The minimum atomic E-state index is 0.0587. The van der Waals surface area contributed by atoms with Crippen LogP contribution in [0.4, 0.5) is 0 Å². The van der Waals surface area contributed by atoms with E-state index in [0.717, 1.165) is 19.3 Å². The summed E-state index contributed by atoms with van der Waals surface area (Å²) in [6.45, 7) is 1.89. The van der Waals surface area contributed by atoms with Gasteiger partial charge in [0.2, 0.25) is 0 Å². The SMILES string of the molecule is C#CCCCC(C)[NH]. The van der Waals surface area contributed by atoms with Gasteiger partial charge in [0.25, 0.3) is 0 Å². The molecule has 1 N–H and O–H groups in total. The summed E-state index contributed by atoms with van der Waals surface area (Å²) in [4.78, 5) is 0. The highest BCUT2D eigenvalue weighted by molar-refractivity contribution is 4.83. The third-order valence-corrected chi connectivity index (χ3v) is 0.958. The zero-order valence-corrected chi connectivity index (χ0v) is 5.28. The van der Waals surface area contributed by atoms with E-state index in [9.17, 15) is 0 Å². The van der Waals surface area contributed by atoms with E-state index >= 15 is 0 Å². The molecule has 0 aliphatic carbocycles. The summed E-state index contributed by atoms with van der Waals surface area (Å²) in [7, 11) is 0. The molecule has 0 aromatic rings. The molecule has 45 valence electrons. The van der Waals surface area contributed by atoms with Crippen LogP contribution in [0.2, 0.25) is 0 Å². The van der Waals surface area contributed by atoms with E-state index in [1.165, 1.54) is 0 Å². The Morgan fingerprint density at radius 1 is 1.75 bits per heavy atom. The zero-order chi connectivity index (χ0) is 6.41. The molecule has 0 amide bonds. The van der Waals surface area contributed by atoms with Crippen molar-refractivity contribution in [3.63, 3.8) is 0 Å². The highest BCUT2D eigenvalue weighted by Gasteiger charge is 1.90. The van der Waals surface area contributed by atoms with Gasteiger partial charge in [0.1, 0.15) is 0 Å². The van der Waals surface area contributed by atoms with E-state index in [1.54, 1.807) is 0 Å². The fraction of sp³-hybridized carbons (Fsp3) is 0.714. The van der Waals surface area contributed by atoms with E-state index in [4.69, 9.17) is 12.2 Å². The molecule has 0 bridgehead atoms. The molecule has 1 heteroatoms. The Kier molecular flexibility index (Phi) is 4.39. The second kappa shape index (κ2) is 4.67. The first-order chi connectivity index (χ1) is 3.77. The van der Waals surface area contributed by atoms with Crippen LogP contribution in [0.3, 0.4) is 0 Å². The predicted octanol–water partition coefficient (Wildman–Crippen LogP) is 1.46. The third-order valence-electron chi connectivity index (χ3n) is 0.958. The second-order valence-corrected chi connectivity index (χ2v) is 2.00. The highest BCUT2D eigenvalue weighted by Crippen LogP contribution is 1.96. The number of terminal acetylenes is 1. The van der Waals surface area contributed by atoms with Crippen LogP contribution < -0.4 is 5.73 Å². The van der Waals surface area contributed by atoms with Crippen molar-refractivity contribution in [3.8, 4) is 12.3 Å². The molecule has 0 heterocycles. The van der Waals surface area contributed by atoms with Crippen LogP contribution in [0.5, 0.6) is 0 Å². The molecule has 0 spiro atoms. The van der Waals surface area contributed by atoms with Crippen molar-refractivity contribution >= 4 is 0 Å². The molecule has 0 saturated carbocycles. The number of unbranched alkanes of at least 4 members (excludes halogenated alkanes) is 1. The van der Waals surface area contributed by atoms with Gasteiger partial charge < -0.3 is 0 Å². The van der Waals surface area contributed by atoms with Crippen LogP contribution in [0.15, 0.2) is 0 Å². The molecular weight excluding hydrogens is 98.1 g/mol. The zero-order valence-electron chi connectivity index (χ0n) is 5.28. The Morgan fingerprint density at radius 3 is 2.75 bits per heavy atom. The summed E-state index contributed by atoms with van der Waals surface area (Å²) < 4.78 is 0. The smallest absolute Gasteiger partial charge is 0.0185 e. The molecule has 0 saturated heterocycles. The lowest BCUT2D eigenvalue weighted by atomic mass is 10.1. The summed E-state index contributed by atoms with van der Waals surface area (Å²) in [6, 6.07) is 0.0587. The molecule has 1 atom stereocenters. The van der Waals surface area contributed by atoms with Gasteiger partial charge in [-0.2, -0.15) is 0 Å². The predicted molar refractivity (Wildman–Crippen MR) is 35.2 cm³/mol. The van der Waals surface area contributed by atoms with E-state index in [2.05, 4.69) is 5.92 Å². The van der Waals surface area contributed by atoms with Gasteiger partial charge in [0, 0.05) is 12.5 Å². The Hall–Kier alpha value is -0.480. The van der Waals surface area contributed by atoms with Crippen LogP contribution in [-0.2, 0) is 0 Å². The van der Waals surface area contributed by atoms with E-state index in [0.29, 0.717) is 0 Å². The summed E-state index contributed by atoms with van der Waals surface area (Å²) in [6.07, 6.45) is 7.76. The van der Waals surface area contributed by atoms with Gasteiger partial charge in [-0.25, -0.2) is 0 Å². The number of hydrogen-bond donors (Lipinski definition) is 0. The van der Waals surface area contributed by atoms with Crippen molar-refractivity contribution < 1.29 is 0 Å². The molecule has 0 aromatic carbocycles. The molecular formula is C7H12N. The van der Waals surface area contributed by atoms with Gasteiger partial charge >= 0.3 is 0 Å². The van der Waals surface area contributed by atoms with Crippen LogP contribution in [0.1, 0.15) is 26.2 Å². The third kappa shape index (κ3) is 5.52. The van der Waals surface area contributed by atoms with Crippen LogP contribution in [0.25, 0.3) is 0 Å². The molecule has 0 aliphatic rings. The fourth-order valence-corrected chi connectivity index (χ4v) is 0.510. The van der Waals surface area contributed by atoms with Crippen molar-refractivity contribution in [2.75, 3.05) is 0 Å². The van der Waals surface area contributed by atoms with Crippen molar-refractivity contribution in [2.24, 2.45) is 0 Å². The lowest BCUT2D eigenvalue weighted by Gasteiger charge is -1.97. The quantitative estimate of drug-likeness (QED) is 0.388. The van der Waals surface area contributed by atoms with Crippen LogP contribution in [0, 0.1) is 12.3 Å². The number of nitrogens with one attached hydrogen (secondary N) is 1. The molecule has 1 nitrogen and oxygen atoms in total. The Bertz CT molecular complexity index is 78.9. The van der Waals surface area contributed by atoms with E-state index < -0.39 is 0 Å². The standard InChI is InChI=1S/C7H12N/c1-3-4-5-6-7(2)8/h1,7-8H,4-6H2,2H3. The molecule has 0 fully saturated rings. The van der Waals surface area contributed by atoms with Crippen molar-refractivity contribution in [3.05, 3.63) is 0 Å². The van der Waals surface area contributed by atoms with Crippen LogP contribution in [-0.4, -0.2) is 6.04 Å². The molecule has 8 heavy (non-hydrogen) atoms. The fourth-order valence-electron chi connectivity index (χ4n) is 0.510. The van der Waals surface area contributed by atoms with Crippen LogP contribution >= 0.6 is 0 Å². The van der Waals surface area contributed by atoms with Gasteiger partial charge in [0.05, 0.1) is 0 Å². The lowest BCUT2D eigenvalue weighted by molar-refractivity contribution is 0.619. The largest absolute Gasteiger partial charge is 0.255 e. The minimum absolute atomic E-state index is 0.0587. The Balaban J connectivity index is 2.85. The van der Waals surface area contributed by atoms with Crippen molar-refractivity contribution in [2.45, 2.75) is 32.2 Å². The summed E-state index contributed by atoms with van der Waals surface area (Å²) in [5.41, 5.74) is 7.09.